The molecule has 0 aliphatic rings. The molecule has 4 heteroatoms. The fourth-order valence-electron chi connectivity index (χ4n) is 0.855. The van der Waals surface area contributed by atoms with Gasteiger partial charge < -0.3 is 20.8 Å². The van der Waals surface area contributed by atoms with Crippen molar-refractivity contribution in [2.75, 3.05) is 6.61 Å². The number of aryl methyl sites for hydroxylation is 1. The van der Waals surface area contributed by atoms with Crippen molar-refractivity contribution in [1.29, 1.82) is 0 Å². The van der Waals surface area contributed by atoms with E-state index in [0.717, 1.165) is 5.56 Å². The Kier molecular flexibility index (Phi) is 4.54. The van der Waals surface area contributed by atoms with E-state index in [9.17, 15) is 9.90 Å². The van der Waals surface area contributed by atoms with E-state index in [2.05, 4.69) is 0 Å². The third kappa shape index (κ3) is 3.57. The highest BCUT2D eigenvalue weighted by atomic mass is 16.5. The van der Waals surface area contributed by atoms with Gasteiger partial charge in [0.15, 0.2) is 0 Å². The van der Waals surface area contributed by atoms with Crippen molar-refractivity contribution in [3.63, 3.8) is 0 Å². The van der Waals surface area contributed by atoms with Gasteiger partial charge in [-0.1, -0.05) is 18.2 Å². The minimum Gasteiger partial charge on any atom is -0.546 e. The molecule has 4 N–H and O–H groups in total. The Morgan fingerprint density at radius 1 is 1.46 bits per heavy atom. The number of para-hydroxylation sites is 1. The van der Waals surface area contributed by atoms with Gasteiger partial charge in [-0.25, -0.2) is 0 Å². The molecule has 1 aromatic rings. The Bertz CT molecular complexity index is 286. The third-order valence-electron chi connectivity index (χ3n) is 1.44. The molecule has 0 bridgehead atoms. The van der Waals surface area contributed by atoms with Crippen molar-refractivity contribution in [2.45, 2.75) is 6.92 Å². The lowest BCUT2D eigenvalue weighted by atomic mass is 10.2. The summed E-state index contributed by atoms with van der Waals surface area (Å²) in [4.78, 5) is 10.0. The van der Waals surface area contributed by atoms with Crippen LogP contribution in [0.4, 0.5) is 0 Å². The van der Waals surface area contributed by atoms with E-state index < -0.39 is 12.6 Å². The smallest absolute Gasteiger partial charge is 0.128 e. The first-order valence-electron chi connectivity index (χ1n) is 3.58. The standard InChI is InChI=1S/C9H10O3.H3N/c1-7-4-2-3-5-8(7)12-6-9(10)11;/h2-5H,6H2,1H3,(H,10,11);1H3. The molecule has 0 aromatic heterocycles. The van der Waals surface area contributed by atoms with E-state index in [1.165, 1.54) is 0 Å². The predicted molar refractivity (Wildman–Crippen MR) is 47.7 cm³/mol. The molecule has 0 aliphatic carbocycles. The molecule has 0 aliphatic heterocycles. The average molecular weight is 183 g/mol. The molecular weight excluding hydrogens is 170 g/mol. The van der Waals surface area contributed by atoms with Crippen LogP contribution < -0.4 is 16.0 Å². The van der Waals surface area contributed by atoms with Crippen LogP contribution in [0.5, 0.6) is 5.75 Å². The monoisotopic (exact) mass is 183 g/mol. The number of benzene rings is 1. The van der Waals surface area contributed by atoms with Crippen molar-refractivity contribution in [2.24, 2.45) is 0 Å². The van der Waals surface area contributed by atoms with Gasteiger partial charge in [-0.05, 0) is 18.6 Å². The maximum atomic E-state index is 10.0. The lowest BCUT2D eigenvalue weighted by Crippen LogP contribution is -2.29. The second-order valence-corrected chi connectivity index (χ2v) is 2.43. The number of carbonyl (C=O) groups excluding carboxylic acids is 1. The third-order valence-corrected chi connectivity index (χ3v) is 1.44. The SMILES string of the molecule is Cc1ccccc1OCC(=O)[O-].[NH4+]. The molecule has 72 valence electrons. The summed E-state index contributed by atoms with van der Waals surface area (Å²) in [5, 5.41) is 10.0. The number of carboxylic acid groups (broad SMARTS) is 1. The molecule has 0 spiro atoms. The Hall–Kier alpha value is -1.55. The van der Waals surface area contributed by atoms with Crippen LogP contribution in [0.25, 0.3) is 0 Å². The van der Waals surface area contributed by atoms with Crippen LogP contribution in [-0.4, -0.2) is 12.6 Å². The molecule has 0 fully saturated rings. The van der Waals surface area contributed by atoms with E-state index >= 15 is 0 Å². The number of hydrogen-bond donors (Lipinski definition) is 1. The molecular formula is C9H13NO3. The van der Waals surface area contributed by atoms with E-state index in [1.54, 1.807) is 12.1 Å². The second kappa shape index (κ2) is 5.16. The van der Waals surface area contributed by atoms with Crippen molar-refractivity contribution < 1.29 is 14.6 Å². The van der Waals surface area contributed by atoms with E-state index in [1.807, 2.05) is 19.1 Å². The number of carboxylic acids is 1. The maximum absolute atomic E-state index is 10.0. The van der Waals surface area contributed by atoms with Gasteiger partial charge in [-0.3, -0.25) is 0 Å². The Balaban J connectivity index is 0.00000144. The van der Waals surface area contributed by atoms with Crippen LogP contribution in [0.3, 0.4) is 0 Å². The Morgan fingerprint density at radius 3 is 2.62 bits per heavy atom. The quantitative estimate of drug-likeness (QED) is 0.740. The number of aliphatic carboxylic acids is 1. The average Bonchev–Trinajstić information content (AvgIpc) is 2.03. The number of carbonyl (C=O) groups is 1. The molecule has 4 nitrogen and oxygen atoms in total. The van der Waals surface area contributed by atoms with Gasteiger partial charge in [0, 0.05) is 0 Å². The number of quaternary nitrogens is 1. The second-order valence-electron chi connectivity index (χ2n) is 2.43. The van der Waals surface area contributed by atoms with Gasteiger partial charge in [0.05, 0.1) is 5.97 Å². The van der Waals surface area contributed by atoms with Gasteiger partial charge >= 0.3 is 0 Å². The minimum atomic E-state index is -1.21. The van der Waals surface area contributed by atoms with Crippen LogP contribution in [0.1, 0.15) is 5.56 Å². The van der Waals surface area contributed by atoms with Crippen molar-refractivity contribution in [3.05, 3.63) is 29.8 Å². The van der Waals surface area contributed by atoms with E-state index in [-0.39, 0.29) is 6.15 Å². The van der Waals surface area contributed by atoms with E-state index in [4.69, 9.17) is 4.74 Å². The normalized spacial score (nSPS) is 8.69. The first kappa shape index (κ1) is 11.4. The summed E-state index contributed by atoms with van der Waals surface area (Å²) in [5.41, 5.74) is 0.916. The molecule has 0 heterocycles. The highest BCUT2D eigenvalue weighted by Crippen LogP contribution is 2.15. The first-order chi connectivity index (χ1) is 5.70. The zero-order chi connectivity index (χ0) is 8.97. The summed E-state index contributed by atoms with van der Waals surface area (Å²) in [5.74, 6) is -0.625. The molecule has 1 aromatic carbocycles. The van der Waals surface area contributed by atoms with Crippen LogP contribution >= 0.6 is 0 Å². The summed E-state index contributed by atoms with van der Waals surface area (Å²) in [6.07, 6.45) is 0. The number of rotatable bonds is 3. The topological polar surface area (TPSA) is 85.9 Å². The zero-order valence-corrected chi connectivity index (χ0v) is 7.74. The fourth-order valence-corrected chi connectivity index (χ4v) is 0.855. The fraction of sp³-hybridized carbons (Fsp3) is 0.222. The summed E-state index contributed by atoms with van der Waals surface area (Å²) in [6.45, 7) is 1.45. The van der Waals surface area contributed by atoms with Crippen LogP contribution in [0.2, 0.25) is 0 Å². The molecule has 0 unspecified atom stereocenters. The van der Waals surface area contributed by atoms with Gasteiger partial charge in [0.2, 0.25) is 0 Å². The molecule has 13 heavy (non-hydrogen) atoms. The highest BCUT2D eigenvalue weighted by molar-refractivity contribution is 5.66. The molecule has 0 saturated heterocycles. The summed E-state index contributed by atoms with van der Waals surface area (Å²) in [6, 6.07) is 7.22. The lowest BCUT2D eigenvalue weighted by Gasteiger charge is -2.08. The Morgan fingerprint density at radius 2 is 2.08 bits per heavy atom. The van der Waals surface area contributed by atoms with Crippen LogP contribution in [-0.2, 0) is 4.79 Å². The van der Waals surface area contributed by atoms with Gasteiger partial charge in [-0.2, -0.15) is 0 Å². The van der Waals surface area contributed by atoms with Crippen LogP contribution in [0.15, 0.2) is 24.3 Å². The molecule has 0 atom stereocenters. The van der Waals surface area contributed by atoms with Gasteiger partial charge in [0.1, 0.15) is 12.4 Å². The van der Waals surface area contributed by atoms with Gasteiger partial charge in [0.25, 0.3) is 0 Å². The number of hydrogen-bond acceptors (Lipinski definition) is 3. The minimum absolute atomic E-state index is 0. The maximum Gasteiger partial charge on any atom is 0.128 e. The van der Waals surface area contributed by atoms with Crippen molar-refractivity contribution in [3.8, 4) is 5.75 Å². The predicted octanol–water partition coefficient (Wildman–Crippen LogP) is 0.500. The summed E-state index contributed by atoms with van der Waals surface area (Å²) < 4.78 is 4.94. The molecule has 0 saturated carbocycles. The zero-order valence-electron chi connectivity index (χ0n) is 7.74. The van der Waals surface area contributed by atoms with Crippen molar-refractivity contribution >= 4 is 5.97 Å². The largest absolute Gasteiger partial charge is 0.546 e. The van der Waals surface area contributed by atoms with Crippen LogP contribution in [0, 0.1) is 6.92 Å². The van der Waals surface area contributed by atoms with Crippen molar-refractivity contribution in [1.82, 2.24) is 6.15 Å². The lowest BCUT2D eigenvalue weighted by molar-refractivity contribution is -0.307. The highest BCUT2D eigenvalue weighted by Gasteiger charge is 1.95. The van der Waals surface area contributed by atoms with Gasteiger partial charge in [-0.15, -0.1) is 0 Å². The number of ether oxygens (including phenoxy) is 1. The summed E-state index contributed by atoms with van der Waals surface area (Å²) in [7, 11) is 0. The molecule has 0 amide bonds. The Labute approximate surface area is 76.7 Å². The summed E-state index contributed by atoms with van der Waals surface area (Å²) >= 11 is 0. The molecule has 0 radical (unpaired) electrons. The van der Waals surface area contributed by atoms with E-state index in [0.29, 0.717) is 5.75 Å². The first-order valence-corrected chi connectivity index (χ1v) is 3.58. The molecule has 1 rings (SSSR count).